The Morgan fingerprint density at radius 1 is 1.20 bits per heavy atom. The van der Waals surface area contributed by atoms with Gasteiger partial charge in [-0.3, -0.25) is 0 Å². The quantitative estimate of drug-likeness (QED) is 0.773. The zero-order valence-electron chi connectivity index (χ0n) is 11.4. The largest absolute Gasteiger partial charge is 0.493 e. The maximum Gasteiger partial charge on any atom is 0.162 e. The van der Waals surface area contributed by atoms with Crippen LogP contribution in [-0.2, 0) is 6.42 Å². The third-order valence-electron chi connectivity index (χ3n) is 2.87. The topological polar surface area (TPSA) is 56.5 Å². The number of rotatable bonds is 6. The van der Waals surface area contributed by atoms with Crippen molar-refractivity contribution < 1.29 is 9.47 Å². The Morgan fingerprint density at radius 2 is 1.90 bits per heavy atom. The molecule has 1 aromatic carbocycles. The molecule has 0 spiro atoms. The molecule has 0 atom stereocenters. The molecule has 0 amide bonds. The van der Waals surface area contributed by atoms with Gasteiger partial charge in [0.25, 0.3) is 0 Å². The number of benzene rings is 1. The van der Waals surface area contributed by atoms with E-state index in [9.17, 15) is 0 Å². The molecule has 0 saturated carbocycles. The second-order valence-corrected chi connectivity index (χ2v) is 6.72. The van der Waals surface area contributed by atoms with E-state index >= 15 is 0 Å². The molecule has 3 N–H and O–H groups in total. The second-order valence-electron chi connectivity index (χ2n) is 4.18. The van der Waals surface area contributed by atoms with Crippen LogP contribution in [0.2, 0.25) is 0 Å². The molecule has 0 aliphatic rings. The molecule has 2 aromatic rings. The molecule has 0 aliphatic heterocycles. The molecule has 0 bridgehead atoms. The number of hydrogen-bond acceptors (Lipinski definition) is 5. The summed E-state index contributed by atoms with van der Waals surface area (Å²) in [7, 11) is 3.21. The summed E-state index contributed by atoms with van der Waals surface area (Å²) >= 11 is 5.20. The first-order valence-electron chi connectivity index (χ1n) is 6.13. The van der Waals surface area contributed by atoms with Gasteiger partial charge in [-0.2, -0.15) is 0 Å². The first-order valence-corrected chi connectivity index (χ1v) is 7.74. The predicted molar refractivity (Wildman–Crippen MR) is 88.2 cm³/mol. The third-order valence-corrected chi connectivity index (χ3v) is 4.55. The highest BCUT2D eigenvalue weighted by Gasteiger charge is 2.09. The lowest BCUT2D eigenvalue weighted by Gasteiger charge is -2.13. The van der Waals surface area contributed by atoms with Gasteiger partial charge in [-0.15, -0.1) is 11.3 Å². The van der Waals surface area contributed by atoms with Gasteiger partial charge in [0.15, 0.2) is 11.5 Å². The standard InChI is InChI=1S/C14H17BrN2O2S/c1-18-12-7-10(16)11(8-13(12)19-2)17-6-5-9-3-4-14(15)20-9/h3-4,7-8,17H,5-6,16H2,1-2H3. The maximum absolute atomic E-state index is 6.00. The molecular weight excluding hydrogens is 340 g/mol. The summed E-state index contributed by atoms with van der Waals surface area (Å²) in [6.07, 6.45) is 0.948. The third kappa shape index (κ3) is 3.58. The smallest absolute Gasteiger partial charge is 0.162 e. The maximum atomic E-state index is 6.00. The van der Waals surface area contributed by atoms with Crippen LogP contribution in [0, 0.1) is 0 Å². The first-order chi connectivity index (χ1) is 9.63. The summed E-state index contributed by atoms with van der Waals surface area (Å²) in [5.74, 6) is 1.31. The van der Waals surface area contributed by atoms with Gasteiger partial charge in [0.2, 0.25) is 0 Å². The predicted octanol–water partition coefficient (Wildman–Crippen LogP) is 3.76. The highest BCUT2D eigenvalue weighted by atomic mass is 79.9. The number of nitrogen functional groups attached to an aromatic ring is 1. The molecule has 0 saturated heterocycles. The van der Waals surface area contributed by atoms with Gasteiger partial charge >= 0.3 is 0 Å². The van der Waals surface area contributed by atoms with Crippen LogP contribution >= 0.6 is 27.3 Å². The number of methoxy groups -OCH3 is 2. The normalized spacial score (nSPS) is 10.3. The van der Waals surface area contributed by atoms with E-state index in [0.717, 1.165) is 22.4 Å². The van der Waals surface area contributed by atoms with Crippen LogP contribution in [0.15, 0.2) is 28.1 Å². The molecule has 0 fully saturated rings. The summed E-state index contributed by atoms with van der Waals surface area (Å²) in [5.41, 5.74) is 7.51. The fourth-order valence-corrected chi connectivity index (χ4v) is 3.34. The molecule has 4 nitrogen and oxygen atoms in total. The number of anilines is 2. The monoisotopic (exact) mass is 356 g/mol. The molecule has 20 heavy (non-hydrogen) atoms. The number of hydrogen-bond donors (Lipinski definition) is 2. The molecule has 108 valence electrons. The van der Waals surface area contributed by atoms with Crippen LogP contribution in [0.5, 0.6) is 11.5 Å². The Kier molecular flexibility index (Phi) is 5.14. The van der Waals surface area contributed by atoms with E-state index in [1.165, 1.54) is 4.88 Å². The van der Waals surface area contributed by atoms with Crippen molar-refractivity contribution in [3.05, 3.63) is 32.9 Å². The van der Waals surface area contributed by atoms with Gasteiger partial charge in [0, 0.05) is 23.6 Å². The Balaban J connectivity index is 2.02. The van der Waals surface area contributed by atoms with E-state index in [1.807, 2.05) is 6.07 Å². The highest BCUT2D eigenvalue weighted by molar-refractivity contribution is 9.11. The van der Waals surface area contributed by atoms with E-state index in [0.29, 0.717) is 17.2 Å². The van der Waals surface area contributed by atoms with Crippen molar-refractivity contribution in [2.24, 2.45) is 0 Å². The van der Waals surface area contributed by atoms with Gasteiger partial charge in [-0.25, -0.2) is 0 Å². The summed E-state index contributed by atoms with van der Waals surface area (Å²) in [6, 6.07) is 7.81. The molecule has 1 aromatic heterocycles. The van der Waals surface area contributed by atoms with Crippen molar-refractivity contribution in [2.75, 3.05) is 31.8 Å². The van der Waals surface area contributed by atoms with Crippen molar-refractivity contribution in [1.29, 1.82) is 0 Å². The van der Waals surface area contributed by atoms with Gasteiger partial charge in [-0.05, 0) is 34.5 Å². The number of nitrogens with one attached hydrogen (secondary N) is 1. The van der Waals surface area contributed by atoms with Crippen LogP contribution in [0.25, 0.3) is 0 Å². The minimum Gasteiger partial charge on any atom is -0.493 e. The number of ether oxygens (including phenoxy) is 2. The molecule has 1 heterocycles. The minimum absolute atomic E-state index is 0.637. The van der Waals surface area contributed by atoms with Crippen LogP contribution in [0.3, 0.4) is 0 Å². The van der Waals surface area contributed by atoms with E-state index in [1.54, 1.807) is 31.6 Å². The second kappa shape index (κ2) is 6.85. The minimum atomic E-state index is 0.637. The van der Waals surface area contributed by atoms with Gasteiger partial charge < -0.3 is 20.5 Å². The Labute approximate surface area is 131 Å². The lowest BCUT2D eigenvalue weighted by Crippen LogP contribution is -2.07. The molecule has 6 heteroatoms. The number of halogens is 1. The Hall–Kier alpha value is -1.40. The average Bonchev–Trinajstić information content (AvgIpc) is 2.85. The SMILES string of the molecule is COc1cc(N)c(NCCc2ccc(Br)s2)cc1OC. The van der Waals surface area contributed by atoms with E-state index in [-0.39, 0.29) is 0 Å². The van der Waals surface area contributed by atoms with Crippen molar-refractivity contribution in [2.45, 2.75) is 6.42 Å². The van der Waals surface area contributed by atoms with Gasteiger partial charge in [-0.1, -0.05) is 0 Å². The summed E-state index contributed by atoms with van der Waals surface area (Å²) in [4.78, 5) is 1.32. The average molecular weight is 357 g/mol. The van der Waals surface area contributed by atoms with E-state index in [4.69, 9.17) is 15.2 Å². The lowest BCUT2D eigenvalue weighted by molar-refractivity contribution is 0.355. The lowest BCUT2D eigenvalue weighted by atomic mass is 10.2. The Bertz CT molecular complexity index is 587. The summed E-state index contributed by atoms with van der Waals surface area (Å²) < 4.78 is 11.6. The van der Waals surface area contributed by atoms with Gasteiger partial charge in [0.05, 0.1) is 29.4 Å². The van der Waals surface area contributed by atoms with Crippen LogP contribution in [-0.4, -0.2) is 20.8 Å². The van der Waals surface area contributed by atoms with Gasteiger partial charge in [0.1, 0.15) is 0 Å². The highest BCUT2D eigenvalue weighted by Crippen LogP contribution is 2.34. The first kappa shape index (κ1) is 15.0. The number of nitrogens with two attached hydrogens (primary N) is 1. The van der Waals surface area contributed by atoms with Crippen molar-refractivity contribution in [3.63, 3.8) is 0 Å². The van der Waals surface area contributed by atoms with Crippen molar-refractivity contribution in [3.8, 4) is 11.5 Å². The molecule has 2 rings (SSSR count). The van der Waals surface area contributed by atoms with E-state index < -0.39 is 0 Å². The fourth-order valence-electron chi connectivity index (χ4n) is 1.85. The van der Waals surface area contributed by atoms with Crippen molar-refractivity contribution >= 4 is 38.6 Å². The zero-order chi connectivity index (χ0) is 14.5. The van der Waals surface area contributed by atoms with Crippen LogP contribution in [0.4, 0.5) is 11.4 Å². The summed E-state index contributed by atoms with van der Waals surface area (Å²) in [6.45, 7) is 0.812. The zero-order valence-corrected chi connectivity index (χ0v) is 13.8. The van der Waals surface area contributed by atoms with Crippen molar-refractivity contribution in [1.82, 2.24) is 0 Å². The fraction of sp³-hybridized carbons (Fsp3) is 0.286. The van der Waals surface area contributed by atoms with Crippen LogP contribution < -0.4 is 20.5 Å². The van der Waals surface area contributed by atoms with E-state index in [2.05, 4.69) is 33.4 Å². The molecule has 0 unspecified atom stereocenters. The number of thiophene rings is 1. The Morgan fingerprint density at radius 3 is 2.50 bits per heavy atom. The molecular formula is C14H17BrN2O2S. The molecule has 0 radical (unpaired) electrons. The molecule has 0 aliphatic carbocycles. The summed E-state index contributed by atoms with van der Waals surface area (Å²) in [5, 5.41) is 3.33. The van der Waals surface area contributed by atoms with Crippen LogP contribution in [0.1, 0.15) is 4.88 Å².